The maximum absolute atomic E-state index is 12.9. The minimum Gasteiger partial charge on any atom is -0.355 e. The first-order valence-corrected chi connectivity index (χ1v) is 11.3. The number of amides is 2. The third kappa shape index (κ3) is 4.67. The number of carbonyl (C=O) groups is 2. The molecule has 164 valence electrons. The number of piperidine rings is 1. The van der Waals surface area contributed by atoms with Gasteiger partial charge in [-0.05, 0) is 68.0 Å². The number of nitrogens with one attached hydrogen (secondary N) is 1. The zero-order valence-electron chi connectivity index (χ0n) is 18.6. The lowest BCUT2D eigenvalue weighted by atomic mass is 9.73. The molecule has 1 spiro atoms. The van der Waals surface area contributed by atoms with Gasteiger partial charge in [0.1, 0.15) is 0 Å². The lowest BCUT2D eigenvalue weighted by Crippen LogP contribution is -2.44. The van der Waals surface area contributed by atoms with E-state index in [0.29, 0.717) is 13.0 Å². The summed E-state index contributed by atoms with van der Waals surface area (Å²) in [6.07, 6.45) is 3.46. The minimum atomic E-state index is 0.0820. The molecule has 0 aromatic heterocycles. The fraction of sp³-hybridized carbons (Fsp3) is 0.462. The van der Waals surface area contributed by atoms with Gasteiger partial charge < -0.3 is 15.1 Å². The fourth-order valence-electron chi connectivity index (χ4n) is 5.30. The molecular formula is C26H33N3O2. The number of rotatable bonds is 6. The van der Waals surface area contributed by atoms with Crippen molar-refractivity contribution in [3.8, 4) is 0 Å². The third-order valence-electron chi connectivity index (χ3n) is 6.95. The van der Waals surface area contributed by atoms with E-state index in [2.05, 4.69) is 34.5 Å². The van der Waals surface area contributed by atoms with Crippen LogP contribution in [0.25, 0.3) is 0 Å². The first kappa shape index (κ1) is 21.6. The number of fused-ring (bicyclic) bond motifs is 2. The Morgan fingerprint density at radius 2 is 1.71 bits per heavy atom. The highest BCUT2D eigenvalue weighted by Gasteiger charge is 2.46. The van der Waals surface area contributed by atoms with Crippen molar-refractivity contribution in [3.63, 3.8) is 0 Å². The molecule has 0 radical (unpaired) electrons. The molecule has 1 atom stereocenters. The Morgan fingerprint density at radius 3 is 2.42 bits per heavy atom. The largest absolute Gasteiger partial charge is 0.355 e. The number of nitrogens with zero attached hydrogens (tertiary/aromatic N) is 2. The molecule has 2 aromatic carbocycles. The highest BCUT2D eigenvalue weighted by Crippen LogP contribution is 2.52. The smallest absolute Gasteiger partial charge is 0.253 e. The summed E-state index contributed by atoms with van der Waals surface area (Å²) >= 11 is 0. The van der Waals surface area contributed by atoms with Crippen molar-refractivity contribution in [1.82, 2.24) is 15.1 Å². The van der Waals surface area contributed by atoms with E-state index >= 15 is 0 Å². The molecule has 1 saturated heterocycles. The molecule has 0 saturated carbocycles. The number of carbonyl (C=O) groups excluding carboxylic acids is 2. The highest BCUT2D eigenvalue weighted by atomic mass is 16.2. The summed E-state index contributed by atoms with van der Waals surface area (Å²) in [5, 5.41) is 3.07. The first-order valence-electron chi connectivity index (χ1n) is 11.3. The Kier molecular flexibility index (Phi) is 6.42. The van der Waals surface area contributed by atoms with Gasteiger partial charge in [0.25, 0.3) is 5.91 Å². The Hall–Kier alpha value is -2.66. The Labute approximate surface area is 185 Å². The second-order valence-corrected chi connectivity index (χ2v) is 9.28. The van der Waals surface area contributed by atoms with Crippen molar-refractivity contribution >= 4 is 11.8 Å². The summed E-state index contributed by atoms with van der Waals surface area (Å²) in [6, 6.07) is 18.2. The standard InChI is InChI=1S/C26H33N3O2/c1-28(2)17-14-27-24(30)18-21-19-26(23-11-7-6-10-22(21)23)12-15-29(16-13-26)25(31)20-8-4-3-5-9-20/h3-11,21H,12-19H2,1-2H3,(H,27,30). The summed E-state index contributed by atoms with van der Waals surface area (Å²) in [5.74, 6) is 0.515. The van der Waals surface area contributed by atoms with Crippen molar-refractivity contribution in [2.75, 3.05) is 40.3 Å². The van der Waals surface area contributed by atoms with Gasteiger partial charge in [-0.3, -0.25) is 9.59 Å². The lowest BCUT2D eigenvalue weighted by molar-refractivity contribution is -0.121. The SMILES string of the molecule is CN(C)CCNC(=O)CC1CC2(CCN(C(=O)c3ccccc3)CC2)c2ccccc21. The van der Waals surface area contributed by atoms with Crippen molar-refractivity contribution in [1.29, 1.82) is 0 Å². The van der Waals surface area contributed by atoms with Gasteiger partial charge >= 0.3 is 0 Å². The quantitative estimate of drug-likeness (QED) is 0.781. The van der Waals surface area contributed by atoms with Crippen LogP contribution in [-0.2, 0) is 10.2 Å². The van der Waals surface area contributed by atoms with E-state index in [0.717, 1.165) is 44.5 Å². The molecule has 1 aliphatic carbocycles. The fourth-order valence-corrected chi connectivity index (χ4v) is 5.30. The van der Waals surface area contributed by atoms with Gasteiger partial charge in [0.2, 0.25) is 5.91 Å². The molecule has 31 heavy (non-hydrogen) atoms. The second kappa shape index (κ2) is 9.23. The number of hydrogen-bond acceptors (Lipinski definition) is 3. The minimum absolute atomic E-state index is 0.0820. The normalized spacial score (nSPS) is 19.5. The molecule has 2 amide bonds. The number of likely N-dealkylation sites (N-methyl/N-ethyl adjacent to an activating group) is 1. The van der Waals surface area contributed by atoms with E-state index in [4.69, 9.17) is 0 Å². The molecule has 1 fully saturated rings. The van der Waals surface area contributed by atoms with Crippen molar-refractivity contribution < 1.29 is 9.59 Å². The molecule has 5 heteroatoms. The molecule has 2 aromatic rings. The molecule has 1 unspecified atom stereocenters. The summed E-state index contributed by atoms with van der Waals surface area (Å²) in [5.41, 5.74) is 3.57. The van der Waals surface area contributed by atoms with Crippen LogP contribution in [-0.4, -0.2) is 61.9 Å². The van der Waals surface area contributed by atoms with Crippen LogP contribution >= 0.6 is 0 Å². The maximum Gasteiger partial charge on any atom is 0.253 e. The summed E-state index contributed by atoms with van der Waals surface area (Å²) in [7, 11) is 4.02. The molecule has 5 nitrogen and oxygen atoms in total. The van der Waals surface area contributed by atoms with E-state index in [-0.39, 0.29) is 23.1 Å². The average Bonchev–Trinajstić information content (AvgIpc) is 3.07. The molecular weight excluding hydrogens is 386 g/mol. The topological polar surface area (TPSA) is 52.7 Å². The monoisotopic (exact) mass is 419 g/mol. The number of hydrogen-bond donors (Lipinski definition) is 1. The van der Waals surface area contributed by atoms with Crippen LogP contribution in [0.15, 0.2) is 54.6 Å². The molecule has 0 bridgehead atoms. The van der Waals surface area contributed by atoms with Crippen LogP contribution in [0.3, 0.4) is 0 Å². The van der Waals surface area contributed by atoms with Crippen LogP contribution in [0, 0.1) is 0 Å². The lowest BCUT2D eigenvalue weighted by Gasteiger charge is -2.40. The molecule has 1 N–H and O–H groups in total. The zero-order valence-corrected chi connectivity index (χ0v) is 18.6. The van der Waals surface area contributed by atoms with Crippen molar-refractivity contribution in [2.24, 2.45) is 0 Å². The molecule has 4 rings (SSSR count). The number of benzene rings is 2. The van der Waals surface area contributed by atoms with Crippen molar-refractivity contribution in [2.45, 2.75) is 37.0 Å². The molecule has 1 heterocycles. The van der Waals surface area contributed by atoms with Crippen LogP contribution in [0.4, 0.5) is 0 Å². The molecule has 1 aliphatic heterocycles. The van der Waals surface area contributed by atoms with Crippen LogP contribution in [0.5, 0.6) is 0 Å². The Balaban J connectivity index is 1.43. The van der Waals surface area contributed by atoms with E-state index in [1.54, 1.807) is 0 Å². The van der Waals surface area contributed by atoms with Gasteiger partial charge in [-0.15, -0.1) is 0 Å². The predicted molar refractivity (Wildman–Crippen MR) is 123 cm³/mol. The van der Waals surface area contributed by atoms with Crippen LogP contribution in [0.1, 0.15) is 53.1 Å². The summed E-state index contributed by atoms with van der Waals surface area (Å²) in [4.78, 5) is 29.5. The first-order chi connectivity index (χ1) is 15.0. The second-order valence-electron chi connectivity index (χ2n) is 9.28. The van der Waals surface area contributed by atoms with E-state index in [1.165, 1.54) is 11.1 Å². The Morgan fingerprint density at radius 1 is 1.03 bits per heavy atom. The zero-order chi connectivity index (χ0) is 21.8. The van der Waals surface area contributed by atoms with Crippen LogP contribution < -0.4 is 5.32 Å². The van der Waals surface area contributed by atoms with E-state index in [9.17, 15) is 9.59 Å². The van der Waals surface area contributed by atoms with E-state index in [1.807, 2.05) is 49.3 Å². The van der Waals surface area contributed by atoms with E-state index < -0.39 is 0 Å². The summed E-state index contributed by atoms with van der Waals surface area (Å²) < 4.78 is 0. The van der Waals surface area contributed by atoms with Gasteiger partial charge in [0, 0.05) is 38.2 Å². The average molecular weight is 420 g/mol. The van der Waals surface area contributed by atoms with Gasteiger partial charge in [0.05, 0.1) is 0 Å². The summed E-state index contributed by atoms with van der Waals surface area (Å²) in [6.45, 7) is 3.07. The predicted octanol–water partition coefficient (Wildman–Crippen LogP) is 3.42. The van der Waals surface area contributed by atoms with Gasteiger partial charge in [-0.25, -0.2) is 0 Å². The highest BCUT2D eigenvalue weighted by molar-refractivity contribution is 5.94. The van der Waals surface area contributed by atoms with Gasteiger partial charge in [-0.1, -0.05) is 42.5 Å². The molecule has 2 aliphatic rings. The Bertz CT molecular complexity index is 917. The van der Waals surface area contributed by atoms with Crippen molar-refractivity contribution in [3.05, 3.63) is 71.3 Å². The third-order valence-corrected chi connectivity index (χ3v) is 6.95. The van der Waals surface area contributed by atoms with Gasteiger partial charge in [0.15, 0.2) is 0 Å². The maximum atomic E-state index is 12.9. The van der Waals surface area contributed by atoms with Gasteiger partial charge in [-0.2, -0.15) is 0 Å². The number of likely N-dealkylation sites (tertiary alicyclic amines) is 1. The van der Waals surface area contributed by atoms with Crippen LogP contribution in [0.2, 0.25) is 0 Å².